The average molecular weight is 380 g/mol. The number of pyridine rings is 1. The molecule has 0 aliphatic rings. The molecule has 0 spiro atoms. The molecule has 0 saturated carbocycles. The van der Waals surface area contributed by atoms with Gasteiger partial charge in [-0.1, -0.05) is 29.8 Å². The largest absolute Gasteiger partial charge is 0.398 e. The second-order valence-corrected chi connectivity index (χ2v) is 8.10. The number of benzene rings is 2. The molecule has 0 aliphatic heterocycles. The minimum Gasteiger partial charge on any atom is -0.398 e. The average Bonchev–Trinajstić information content (AvgIpc) is 2.61. The number of aryl methyl sites for hydroxylation is 1. The molecule has 27 heavy (non-hydrogen) atoms. The van der Waals surface area contributed by atoms with E-state index in [2.05, 4.69) is 9.71 Å². The van der Waals surface area contributed by atoms with Crippen LogP contribution in [-0.4, -0.2) is 25.9 Å². The van der Waals surface area contributed by atoms with E-state index in [-0.39, 0.29) is 0 Å². The van der Waals surface area contributed by atoms with E-state index in [4.69, 9.17) is 11.1 Å². The number of rotatable bonds is 5. The van der Waals surface area contributed by atoms with Crippen LogP contribution in [0.5, 0.6) is 0 Å². The van der Waals surface area contributed by atoms with Crippen molar-refractivity contribution in [2.45, 2.75) is 6.92 Å². The maximum Gasteiger partial charge on any atom is 0.229 e. The number of anilines is 2. The Labute approximate surface area is 158 Å². The fraction of sp³-hybridized carbons (Fsp3) is 0.100. The molecule has 4 N–H and O–H groups in total. The maximum atomic E-state index is 11.6. The molecule has 0 amide bonds. The van der Waals surface area contributed by atoms with Gasteiger partial charge < -0.3 is 11.1 Å². The van der Waals surface area contributed by atoms with Gasteiger partial charge >= 0.3 is 0 Å². The van der Waals surface area contributed by atoms with E-state index in [0.717, 1.165) is 34.2 Å². The van der Waals surface area contributed by atoms with Gasteiger partial charge in [-0.25, -0.2) is 8.42 Å². The first kappa shape index (κ1) is 18.6. The molecule has 1 aromatic heterocycles. The number of sulfonamides is 1. The van der Waals surface area contributed by atoms with Gasteiger partial charge in [-0.2, -0.15) is 0 Å². The molecular weight excluding hydrogens is 360 g/mol. The van der Waals surface area contributed by atoms with Crippen molar-refractivity contribution in [3.63, 3.8) is 0 Å². The Morgan fingerprint density at radius 2 is 1.89 bits per heavy atom. The Kier molecular flexibility index (Phi) is 4.96. The van der Waals surface area contributed by atoms with Crippen molar-refractivity contribution in [1.82, 2.24) is 4.98 Å². The first-order valence-corrected chi connectivity index (χ1v) is 10.1. The maximum absolute atomic E-state index is 11.6. The van der Waals surface area contributed by atoms with Crippen LogP contribution in [-0.2, 0) is 10.0 Å². The van der Waals surface area contributed by atoms with Crippen LogP contribution in [0.1, 0.15) is 11.1 Å². The van der Waals surface area contributed by atoms with E-state index >= 15 is 0 Å². The quantitative estimate of drug-likeness (QED) is 0.463. The highest BCUT2D eigenvalue weighted by Gasteiger charge is 2.13. The minimum absolute atomic E-state index is 0.372. The van der Waals surface area contributed by atoms with Gasteiger partial charge in [-0.05, 0) is 36.8 Å². The first-order valence-electron chi connectivity index (χ1n) is 8.22. The third-order valence-corrected chi connectivity index (χ3v) is 4.64. The van der Waals surface area contributed by atoms with Crippen LogP contribution >= 0.6 is 0 Å². The molecular formula is C20H20N4O2S. The summed E-state index contributed by atoms with van der Waals surface area (Å²) in [5.74, 6) is 0. The zero-order valence-electron chi connectivity index (χ0n) is 15.0. The molecule has 0 fully saturated rings. The van der Waals surface area contributed by atoms with Crippen molar-refractivity contribution in [1.29, 1.82) is 5.41 Å². The fourth-order valence-electron chi connectivity index (χ4n) is 2.84. The van der Waals surface area contributed by atoms with E-state index in [0.29, 0.717) is 16.9 Å². The predicted molar refractivity (Wildman–Crippen MR) is 111 cm³/mol. The monoisotopic (exact) mass is 380 g/mol. The highest BCUT2D eigenvalue weighted by molar-refractivity contribution is 7.92. The molecule has 6 nitrogen and oxygen atoms in total. The van der Waals surface area contributed by atoms with Crippen molar-refractivity contribution < 1.29 is 8.42 Å². The lowest BCUT2D eigenvalue weighted by atomic mass is 9.96. The topological polar surface area (TPSA) is 109 Å². The standard InChI is InChI=1S/C20H20N4O2S/c1-13-4-3-5-15(8-13)20-18(10-17(12-23-20)24-27(2,25)26)14-6-7-19(22)16(9-14)11-21/h3-12,21,24H,22H2,1-2H3. The lowest BCUT2D eigenvalue weighted by Crippen LogP contribution is -2.10. The van der Waals surface area contributed by atoms with E-state index in [9.17, 15) is 8.42 Å². The third kappa shape index (κ3) is 4.32. The van der Waals surface area contributed by atoms with Crippen molar-refractivity contribution >= 4 is 27.6 Å². The zero-order valence-corrected chi connectivity index (χ0v) is 15.8. The Bertz CT molecular complexity index is 1120. The first-order chi connectivity index (χ1) is 12.8. The van der Waals surface area contributed by atoms with E-state index in [1.807, 2.05) is 37.3 Å². The lowest BCUT2D eigenvalue weighted by Gasteiger charge is -2.14. The fourth-order valence-corrected chi connectivity index (χ4v) is 3.38. The van der Waals surface area contributed by atoms with Crippen LogP contribution < -0.4 is 10.5 Å². The Morgan fingerprint density at radius 1 is 1.11 bits per heavy atom. The van der Waals surface area contributed by atoms with Crippen molar-refractivity contribution in [2.75, 3.05) is 16.7 Å². The lowest BCUT2D eigenvalue weighted by molar-refractivity contribution is 0.607. The third-order valence-electron chi connectivity index (χ3n) is 4.04. The smallest absolute Gasteiger partial charge is 0.229 e. The molecule has 1 heterocycles. The van der Waals surface area contributed by atoms with Crippen LogP contribution in [0.15, 0.2) is 54.7 Å². The summed E-state index contributed by atoms with van der Waals surface area (Å²) in [6.07, 6.45) is 3.78. The van der Waals surface area contributed by atoms with Crippen LogP contribution in [0.4, 0.5) is 11.4 Å². The van der Waals surface area contributed by atoms with Gasteiger partial charge in [0.25, 0.3) is 0 Å². The number of nitrogens with zero attached hydrogens (tertiary/aromatic N) is 1. The van der Waals surface area contributed by atoms with Crippen molar-refractivity contribution in [3.05, 3.63) is 65.9 Å². The number of nitrogen functional groups attached to an aromatic ring is 1. The van der Waals surface area contributed by atoms with E-state index < -0.39 is 10.0 Å². The molecule has 3 rings (SSSR count). The Morgan fingerprint density at radius 3 is 2.56 bits per heavy atom. The summed E-state index contributed by atoms with van der Waals surface area (Å²) in [6.45, 7) is 2.00. The summed E-state index contributed by atoms with van der Waals surface area (Å²) in [5, 5.41) is 7.54. The number of nitrogens with one attached hydrogen (secondary N) is 2. The molecule has 138 valence electrons. The Balaban J connectivity index is 2.23. The molecule has 2 aromatic carbocycles. The SMILES string of the molecule is Cc1cccc(-c2ncc(NS(C)(=O)=O)cc2-c2ccc(N)c(C=N)c2)c1. The van der Waals surface area contributed by atoms with Gasteiger partial charge in [0.15, 0.2) is 0 Å². The van der Waals surface area contributed by atoms with Crippen molar-refractivity contribution in [2.24, 2.45) is 0 Å². The second-order valence-electron chi connectivity index (χ2n) is 6.35. The van der Waals surface area contributed by atoms with Gasteiger partial charge in [0.1, 0.15) is 0 Å². The minimum atomic E-state index is -3.43. The second kappa shape index (κ2) is 7.20. The van der Waals surface area contributed by atoms with Gasteiger partial charge in [0, 0.05) is 28.6 Å². The summed E-state index contributed by atoms with van der Waals surface area (Å²) in [7, 11) is -3.43. The number of hydrogen-bond donors (Lipinski definition) is 3. The van der Waals surface area contributed by atoms with Gasteiger partial charge in [0.2, 0.25) is 10.0 Å². The Hall–Kier alpha value is -3.19. The highest BCUT2D eigenvalue weighted by atomic mass is 32.2. The normalized spacial score (nSPS) is 11.2. The van der Waals surface area contributed by atoms with E-state index in [1.54, 1.807) is 18.2 Å². The molecule has 0 bridgehead atoms. The van der Waals surface area contributed by atoms with Gasteiger partial charge in [-0.3, -0.25) is 9.71 Å². The van der Waals surface area contributed by atoms with Crippen LogP contribution in [0.3, 0.4) is 0 Å². The highest BCUT2D eigenvalue weighted by Crippen LogP contribution is 2.34. The van der Waals surface area contributed by atoms with Crippen LogP contribution in [0.2, 0.25) is 0 Å². The van der Waals surface area contributed by atoms with Crippen molar-refractivity contribution in [3.8, 4) is 22.4 Å². The summed E-state index contributed by atoms with van der Waals surface area (Å²) >= 11 is 0. The molecule has 3 aromatic rings. The molecule has 7 heteroatoms. The van der Waals surface area contributed by atoms with Gasteiger partial charge in [0.05, 0.1) is 23.8 Å². The molecule has 0 atom stereocenters. The zero-order chi connectivity index (χ0) is 19.6. The summed E-state index contributed by atoms with van der Waals surface area (Å²) in [6, 6.07) is 15.0. The number of nitrogens with two attached hydrogens (primary N) is 1. The van der Waals surface area contributed by atoms with Crippen LogP contribution in [0.25, 0.3) is 22.4 Å². The van der Waals surface area contributed by atoms with E-state index in [1.165, 1.54) is 12.4 Å². The summed E-state index contributed by atoms with van der Waals surface area (Å²) in [5.41, 5.74) is 11.6. The predicted octanol–water partition coefficient (Wildman–Crippen LogP) is 3.68. The molecule has 0 unspecified atom stereocenters. The van der Waals surface area contributed by atoms with Crippen LogP contribution in [0, 0.1) is 12.3 Å². The summed E-state index contributed by atoms with van der Waals surface area (Å²) in [4.78, 5) is 4.51. The summed E-state index contributed by atoms with van der Waals surface area (Å²) < 4.78 is 25.7. The number of aromatic nitrogens is 1. The molecule has 0 aliphatic carbocycles. The molecule has 0 radical (unpaired) electrons. The van der Waals surface area contributed by atoms with Gasteiger partial charge in [-0.15, -0.1) is 0 Å². The molecule has 0 saturated heterocycles. The number of hydrogen-bond acceptors (Lipinski definition) is 5.